The SMILES string of the molecule is CCNC1CCCc2nc(-c3ccc(CC)cc3)sc21. The number of hydrogen-bond acceptors (Lipinski definition) is 3. The van der Waals surface area contributed by atoms with Crippen LogP contribution in [-0.4, -0.2) is 11.5 Å². The average molecular weight is 286 g/mol. The first-order valence-corrected chi connectivity index (χ1v) is 8.45. The van der Waals surface area contributed by atoms with Gasteiger partial charge in [-0.3, -0.25) is 0 Å². The van der Waals surface area contributed by atoms with E-state index in [2.05, 4.69) is 43.4 Å². The summed E-state index contributed by atoms with van der Waals surface area (Å²) < 4.78 is 0. The Morgan fingerprint density at radius 3 is 2.75 bits per heavy atom. The highest BCUT2D eigenvalue weighted by Gasteiger charge is 2.24. The molecule has 1 aromatic heterocycles. The van der Waals surface area contributed by atoms with Crippen LogP contribution in [-0.2, 0) is 12.8 Å². The second kappa shape index (κ2) is 6.06. The molecular weight excluding hydrogens is 264 g/mol. The van der Waals surface area contributed by atoms with E-state index < -0.39 is 0 Å². The van der Waals surface area contributed by atoms with Crippen LogP contribution in [0.3, 0.4) is 0 Å². The van der Waals surface area contributed by atoms with E-state index in [1.807, 2.05) is 11.3 Å². The standard InChI is InChI=1S/C17H22N2S/c1-3-12-8-10-13(11-9-12)17-19-15-7-5-6-14(18-4-2)16(15)20-17/h8-11,14,18H,3-7H2,1-2H3. The summed E-state index contributed by atoms with van der Waals surface area (Å²) in [5.74, 6) is 0. The minimum absolute atomic E-state index is 0.518. The van der Waals surface area contributed by atoms with Crippen LogP contribution < -0.4 is 5.32 Å². The summed E-state index contributed by atoms with van der Waals surface area (Å²) in [4.78, 5) is 6.35. The zero-order valence-electron chi connectivity index (χ0n) is 12.3. The highest BCUT2D eigenvalue weighted by atomic mass is 32.1. The Morgan fingerprint density at radius 1 is 1.25 bits per heavy atom. The van der Waals surface area contributed by atoms with Gasteiger partial charge in [0.05, 0.1) is 5.69 Å². The average Bonchev–Trinajstić information content (AvgIpc) is 2.93. The van der Waals surface area contributed by atoms with Gasteiger partial charge in [-0.15, -0.1) is 11.3 Å². The van der Waals surface area contributed by atoms with E-state index in [0.717, 1.165) is 19.4 Å². The van der Waals surface area contributed by atoms with Gasteiger partial charge in [0.1, 0.15) is 5.01 Å². The molecule has 0 radical (unpaired) electrons. The number of benzene rings is 1. The van der Waals surface area contributed by atoms with Crippen LogP contribution in [0.1, 0.15) is 48.9 Å². The number of fused-ring (bicyclic) bond motifs is 1. The fourth-order valence-electron chi connectivity index (χ4n) is 2.87. The molecule has 1 heterocycles. The lowest BCUT2D eigenvalue weighted by Gasteiger charge is -2.21. The van der Waals surface area contributed by atoms with Crippen LogP contribution in [0.15, 0.2) is 24.3 Å². The highest BCUT2D eigenvalue weighted by Crippen LogP contribution is 2.37. The Balaban J connectivity index is 1.91. The fourth-order valence-corrected chi connectivity index (χ4v) is 4.09. The molecule has 1 aliphatic rings. The molecule has 106 valence electrons. The minimum atomic E-state index is 0.518. The number of thiazole rings is 1. The Hall–Kier alpha value is -1.19. The first kappa shape index (κ1) is 13.8. The molecule has 0 aliphatic heterocycles. The Morgan fingerprint density at radius 2 is 2.05 bits per heavy atom. The lowest BCUT2D eigenvalue weighted by molar-refractivity contribution is 0.476. The molecule has 0 fully saturated rings. The molecular formula is C17H22N2S. The van der Waals surface area contributed by atoms with Gasteiger partial charge in [-0.1, -0.05) is 38.1 Å². The van der Waals surface area contributed by atoms with Gasteiger partial charge >= 0.3 is 0 Å². The molecule has 1 atom stereocenters. The minimum Gasteiger partial charge on any atom is -0.309 e. The molecule has 0 saturated heterocycles. The van der Waals surface area contributed by atoms with Crippen molar-refractivity contribution in [2.45, 2.75) is 45.6 Å². The van der Waals surface area contributed by atoms with Crippen LogP contribution in [0, 0.1) is 0 Å². The molecule has 20 heavy (non-hydrogen) atoms. The summed E-state index contributed by atoms with van der Waals surface area (Å²) in [6.07, 6.45) is 4.73. The summed E-state index contributed by atoms with van der Waals surface area (Å²) in [6, 6.07) is 9.39. The number of aromatic nitrogens is 1. The summed E-state index contributed by atoms with van der Waals surface area (Å²) in [6.45, 7) is 5.40. The zero-order chi connectivity index (χ0) is 13.9. The molecule has 2 nitrogen and oxygen atoms in total. The van der Waals surface area contributed by atoms with E-state index in [9.17, 15) is 0 Å². The predicted octanol–water partition coefficient (Wildman–Crippen LogP) is 4.36. The molecule has 0 amide bonds. The number of hydrogen-bond donors (Lipinski definition) is 1. The van der Waals surface area contributed by atoms with Gasteiger partial charge in [0.15, 0.2) is 0 Å². The first-order chi connectivity index (χ1) is 9.81. The van der Waals surface area contributed by atoms with Gasteiger partial charge < -0.3 is 5.32 Å². The van der Waals surface area contributed by atoms with Crippen molar-refractivity contribution in [2.24, 2.45) is 0 Å². The van der Waals surface area contributed by atoms with Crippen LogP contribution in [0.5, 0.6) is 0 Å². The van der Waals surface area contributed by atoms with Crippen molar-refractivity contribution < 1.29 is 0 Å². The molecule has 0 saturated carbocycles. The molecule has 2 aromatic rings. The van der Waals surface area contributed by atoms with Crippen molar-refractivity contribution in [3.63, 3.8) is 0 Å². The van der Waals surface area contributed by atoms with Crippen molar-refractivity contribution in [1.82, 2.24) is 10.3 Å². The van der Waals surface area contributed by atoms with Crippen molar-refractivity contribution in [1.29, 1.82) is 0 Å². The van der Waals surface area contributed by atoms with Crippen molar-refractivity contribution in [3.8, 4) is 10.6 Å². The van der Waals surface area contributed by atoms with Crippen LogP contribution in [0.4, 0.5) is 0 Å². The maximum atomic E-state index is 4.89. The van der Waals surface area contributed by atoms with E-state index in [4.69, 9.17) is 4.98 Å². The molecule has 3 rings (SSSR count). The molecule has 0 spiro atoms. The van der Waals surface area contributed by atoms with Gasteiger partial charge in [-0.05, 0) is 37.8 Å². The highest BCUT2D eigenvalue weighted by molar-refractivity contribution is 7.15. The van der Waals surface area contributed by atoms with Gasteiger partial charge in [0, 0.05) is 16.5 Å². The smallest absolute Gasteiger partial charge is 0.123 e. The first-order valence-electron chi connectivity index (χ1n) is 7.64. The summed E-state index contributed by atoms with van der Waals surface area (Å²) in [5, 5.41) is 4.78. The van der Waals surface area contributed by atoms with Gasteiger partial charge in [0.2, 0.25) is 0 Å². The van der Waals surface area contributed by atoms with Crippen molar-refractivity contribution >= 4 is 11.3 Å². The van der Waals surface area contributed by atoms with Crippen LogP contribution in [0.25, 0.3) is 10.6 Å². The second-order valence-corrected chi connectivity index (χ2v) is 6.41. The summed E-state index contributed by atoms with van der Waals surface area (Å²) in [7, 11) is 0. The van der Waals surface area contributed by atoms with E-state index in [1.54, 1.807) is 0 Å². The maximum absolute atomic E-state index is 4.89. The molecule has 1 aromatic carbocycles. The largest absolute Gasteiger partial charge is 0.309 e. The number of nitrogens with zero attached hydrogens (tertiary/aromatic N) is 1. The predicted molar refractivity (Wildman–Crippen MR) is 86.3 cm³/mol. The molecule has 1 N–H and O–H groups in total. The van der Waals surface area contributed by atoms with E-state index in [0.29, 0.717) is 6.04 Å². The topological polar surface area (TPSA) is 24.9 Å². The molecule has 3 heteroatoms. The lowest BCUT2D eigenvalue weighted by atomic mass is 9.98. The lowest BCUT2D eigenvalue weighted by Crippen LogP contribution is -2.23. The summed E-state index contributed by atoms with van der Waals surface area (Å²) >= 11 is 1.88. The fraction of sp³-hybridized carbons (Fsp3) is 0.471. The van der Waals surface area contributed by atoms with Gasteiger partial charge in [-0.25, -0.2) is 4.98 Å². The van der Waals surface area contributed by atoms with E-state index in [1.165, 1.54) is 39.5 Å². The number of nitrogens with one attached hydrogen (secondary N) is 1. The Labute approximate surface area is 125 Å². The van der Waals surface area contributed by atoms with Crippen LogP contribution in [0.2, 0.25) is 0 Å². The normalized spacial score (nSPS) is 18.0. The Bertz CT molecular complexity index is 571. The monoisotopic (exact) mass is 286 g/mol. The van der Waals surface area contributed by atoms with E-state index in [-0.39, 0.29) is 0 Å². The number of rotatable bonds is 4. The summed E-state index contributed by atoms with van der Waals surface area (Å²) in [5.41, 5.74) is 3.97. The van der Waals surface area contributed by atoms with Crippen LogP contribution >= 0.6 is 11.3 Å². The third-order valence-corrected chi connectivity index (χ3v) is 5.27. The van der Waals surface area contributed by atoms with E-state index >= 15 is 0 Å². The molecule has 0 bridgehead atoms. The zero-order valence-corrected chi connectivity index (χ0v) is 13.1. The third kappa shape index (κ3) is 2.65. The van der Waals surface area contributed by atoms with Gasteiger partial charge in [-0.2, -0.15) is 0 Å². The molecule has 1 aliphatic carbocycles. The third-order valence-electron chi connectivity index (χ3n) is 4.01. The van der Waals surface area contributed by atoms with Crippen molar-refractivity contribution in [3.05, 3.63) is 40.4 Å². The Kier molecular flexibility index (Phi) is 4.18. The maximum Gasteiger partial charge on any atom is 0.123 e. The number of aryl methyl sites for hydroxylation is 2. The van der Waals surface area contributed by atoms with Gasteiger partial charge in [0.25, 0.3) is 0 Å². The molecule has 1 unspecified atom stereocenters. The quantitative estimate of drug-likeness (QED) is 0.903. The van der Waals surface area contributed by atoms with Crippen molar-refractivity contribution in [2.75, 3.05) is 6.54 Å². The second-order valence-electron chi connectivity index (χ2n) is 5.38.